The molecule has 0 radical (unpaired) electrons. The van der Waals surface area contributed by atoms with Gasteiger partial charge in [0.25, 0.3) is 0 Å². The number of aromatic nitrogens is 3. The number of H-pyrrole nitrogens is 2. The zero-order valence-electron chi connectivity index (χ0n) is 12.4. The fraction of sp³-hybridized carbons (Fsp3) is 0.294. The maximum atomic E-state index is 11.9. The number of aryl methyl sites for hydroxylation is 1. The van der Waals surface area contributed by atoms with Crippen LogP contribution in [0.5, 0.6) is 0 Å². The second-order valence-corrected chi connectivity index (χ2v) is 5.35. The third-order valence-corrected chi connectivity index (χ3v) is 3.88. The predicted molar refractivity (Wildman–Crippen MR) is 84.5 cm³/mol. The van der Waals surface area contributed by atoms with Gasteiger partial charge in [-0.05, 0) is 18.4 Å². The van der Waals surface area contributed by atoms with Crippen molar-refractivity contribution in [2.45, 2.75) is 33.1 Å². The van der Waals surface area contributed by atoms with Crippen LogP contribution in [0.4, 0.5) is 0 Å². The van der Waals surface area contributed by atoms with Crippen LogP contribution >= 0.6 is 0 Å². The molecule has 0 atom stereocenters. The lowest BCUT2D eigenvalue weighted by Crippen LogP contribution is -1.98. The quantitative estimate of drug-likeness (QED) is 0.691. The van der Waals surface area contributed by atoms with Gasteiger partial charge in [-0.1, -0.05) is 31.5 Å². The molecule has 2 aromatic heterocycles. The molecule has 3 aromatic rings. The number of rotatable bonds is 5. The highest BCUT2D eigenvalue weighted by Crippen LogP contribution is 2.32. The lowest BCUT2D eigenvalue weighted by molar-refractivity contribution is 0.101. The summed E-state index contributed by atoms with van der Waals surface area (Å²) in [5.74, 6) is 0.0930. The summed E-state index contributed by atoms with van der Waals surface area (Å²) in [7, 11) is 0. The Morgan fingerprint density at radius 1 is 1.33 bits per heavy atom. The molecule has 3 rings (SSSR count). The summed E-state index contributed by atoms with van der Waals surface area (Å²) in [6, 6.07) is 6.18. The number of hydrogen-bond donors (Lipinski definition) is 2. The van der Waals surface area contributed by atoms with Gasteiger partial charge in [-0.3, -0.25) is 9.89 Å². The van der Waals surface area contributed by atoms with Crippen LogP contribution < -0.4 is 0 Å². The second-order valence-electron chi connectivity index (χ2n) is 5.35. The summed E-state index contributed by atoms with van der Waals surface area (Å²) in [5.41, 5.74) is 5.01. The molecule has 0 fully saturated rings. The number of unbranched alkanes of at least 4 members (excludes halogenated alkanes) is 1. The largest absolute Gasteiger partial charge is 0.351 e. The Bertz CT molecular complexity index is 769. The standard InChI is InChI=1S/C17H19N3O/c1-3-4-6-14-15-8-5-7-13(12-9-18-19-10-12)17(15)20-16(14)11(2)21/h5,7-10,20H,3-4,6H2,1-2H3,(H,18,19). The highest BCUT2D eigenvalue weighted by Gasteiger charge is 2.17. The summed E-state index contributed by atoms with van der Waals surface area (Å²) in [4.78, 5) is 15.3. The van der Waals surface area contributed by atoms with Crippen molar-refractivity contribution in [3.05, 3.63) is 41.9 Å². The zero-order chi connectivity index (χ0) is 14.8. The number of Topliss-reactive ketones (excluding diaryl/α,β-unsaturated/α-hetero) is 1. The molecule has 1 aromatic carbocycles. The molecular weight excluding hydrogens is 262 g/mol. The number of hydrogen-bond acceptors (Lipinski definition) is 2. The fourth-order valence-electron chi connectivity index (χ4n) is 2.83. The van der Waals surface area contributed by atoms with Gasteiger partial charge in [-0.2, -0.15) is 5.10 Å². The molecule has 0 aliphatic heterocycles. The van der Waals surface area contributed by atoms with Crippen molar-refractivity contribution in [1.82, 2.24) is 15.2 Å². The Labute approximate surface area is 123 Å². The van der Waals surface area contributed by atoms with Crippen LogP contribution in [-0.4, -0.2) is 21.0 Å². The summed E-state index contributed by atoms with van der Waals surface area (Å²) in [5, 5.41) is 8.00. The van der Waals surface area contributed by atoms with Crippen LogP contribution in [0, 0.1) is 0 Å². The monoisotopic (exact) mass is 281 g/mol. The Morgan fingerprint density at radius 2 is 2.19 bits per heavy atom. The van der Waals surface area contributed by atoms with E-state index in [-0.39, 0.29) is 5.78 Å². The molecule has 0 saturated heterocycles. The third-order valence-electron chi connectivity index (χ3n) is 3.88. The highest BCUT2D eigenvalue weighted by atomic mass is 16.1. The second kappa shape index (κ2) is 5.56. The number of nitrogens with zero attached hydrogens (tertiary/aromatic N) is 1. The lowest BCUT2D eigenvalue weighted by atomic mass is 10.0. The van der Waals surface area contributed by atoms with Gasteiger partial charge in [0.05, 0.1) is 17.4 Å². The van der Waals surface area contributed by atoms with Crippen LogP contribution in [-0.2, 0) is 6.42 Å². The first kappa shape index (κ1) is 13.6. The highest BCUT2D eigenvalue weighted by molar-refractivity contribution is 6.04. The van der Waals surface area contributed by atoms with Crippen LogP contribution in [0.1, 0.15) is 42.7 Å². The Morgan fingerprint density at radius 3 is 2.86 bits per heavy atom. The average molecular weight is 281 g/mol. The number of para-hydroxylation sites is 1. The van der Waals surface area contributed by atoms with Gasteiger partial charge in [0.2, 0.25) is 0 Å². The Balaban J connectivity index is 2.23. The van der Waals surface area contributed by atoms with E-state index < -0.39 is 0 Å². The first-order valence-electron chi connectivity index (χ1n) is 7.36. The fourth-order valence-corrected chi connectivity index (χ4v) is 2.83. The van der Waals surface area contributed by atoms with Crippen LogP contribution in [0.15, 0.2) is 30.6 Å². The van der Waals surface area contributed by atoms with E-state index in [1.807, 2.05) is 12.3 Å². The Kier molecular flexibility index (Phi) is 3.60. The molecule has 0 aliphatic rings. The van der Waals surface area contributed by atoms with Gasteiger partial charge in [-0.25, -0.2) is 0 Å². The summed E-state index contributed by atoms with van der Waals surface area (Å²) in [6.45, 7) is 3.79. The first-order valence-corrected chi connectivity index (χ1v) is 7.36. The minimum Gasteiger partial charge on any atom is -0.351 e. The molecule has 4 nitrogen and oxygen atoms in total. The summed E-state index contributed by atoms with van der Waals surface area (Å²) in [6.07, 6.45) is 6.80. The van der Waals surface area contributed by atoms with Crippen LogP contribution in [0.3, 0.4) is 0 Å². The van der Waals surface area contributed by atoms with E-state index in [0.29, 0.717) is 0 Å². The lowest BCUT2D eigenvalue weighted by Gasteiger charge is -2.02. The molecule has 0 amide bonds. The smallest absolute Gasteiger partial charge is 0.176 e. The minimum absolute atomic E-state index is 0.0930. The van der Waals surface area contributed by atoms with Crippen molar-refractivity contribution in [3.8, 4) is 11.1 Å². The maximum absolute atomic E-state index is 11.9. The van der Waals surface area contributed by atoms with Crippen molar-refractivity contribution in [2.24, 2.45) is 0 Å². The minimum atomic E-state index is 0.0930. The van der Waals surface area contributed by atoms with Crippen molar-refractivity contribution in [2.75, 3.05) is 0 Å². The number of aromatic amines is 2. The van der Waals surface area contributed by atoms with E-state index in [1.54, 1.807) is 13.1 Å². The molecule has 2 N–H and O–H groups in total. The van der Waals surface area contributed by atoms with Crippen molar-refractivity contribution in [3.63, 3.8) is 0 Å². The number of nitrogens with one attached hydrogen (secondary N) is 2. The molecule has 4 heteroatoms. The van der Waals surface area contributed by atoms with Crippen molar-refractivity contribution in [1.29, 1.82) is 0 Å². The molecule has 0 unspecified atom stereocenters. The maximum Gasteiger partial charge on any atom is 0.176 e. The molecule has 0 bridgehead atoms. The number of carbonyl (C=O) groups is 1. The van der Waals surface area contributed by atoms with Crippen LogP contribution in [0.2, 0.25) is 0 Å². The van der Waals surface area contributed by atoms with Gasteiger partial charge >= 0.3 is 0 Å². The number of fused-ring (bicyclic) bond motifs is 1. The van der Waals surface area contributed by atoms with Gasteiger partial charge in [0.1, 0.15) is 0 Å². The molecule has 0 spiro atoms. The average Bonchev–Trinajstić information content (AvgIpc) is 3.12. The van der Waals surface area contributed by atoms with Gasteiger partial charge in [-0.15, -0.1) is 0 Å². The summed E-state index contributed by atoms with van der Waals surface area (Å²) < 4.78 is 0. The van der Waals surface area contributed by atoms with E-state index in [2.05, 4.69) is 34.2 Å². The molecule has 0 aliphatic carbocycles. The normalized spacial score (nSPS) is 11.1. The van der Waals surface area contributed by atoms with E-state index in [9.17, 15) is 4.79 Å². The number of ketones is 1. The molecule has 0 saturated carbocycles. The van der Waals surface area contributed by atoms with E-state index in [4.69, 9.17) is 0 Å². The number of carbonyl (C=O) groups excluding carboxylic acids is 1. The molecule has 108 valence electrons. The molecule has 2 heterocycles. The molecular formula is C17H19N3O. The van der Waals surface area contributed by atoms with Crippen molar-refractivity contribution < 1.29 is 4.79 Å². The van der Waals surface area contributed by atoms with Gasteiger partial charge < -0.3 is 4.98 Å². The van der Waals surface area contributed by atoms with Crippen molar-refractivity contribution >= 4 is 16.7 Å². The zero-order valence-corrected chi connectivity index (χ0v) is 12.4. The van der Waals surface area contributed by atoms with Crippen LogP contribution in [0.25, 0.3) is 22.0 Å². The first-order chi connectivity index (χ1) is 10.2. The topological polar surface area (TPSA) is 61.5 Å². The van der Waals surface area contributed by atoms with E-state index >= 15 is 0 Å². The number of benzene rings is 1. The summed E-state index contributed by atoms with van der Waals surface area (Å²) >= 11 is 0. The van der Waals surface area contributed by atoms with E-state index in [0.717, 1.165) is 52.5 Å². The van der Waals surface area contributed by atoms with E-state index in [1.165, 1.54) is 0 Å². The third kappa shape index (κ3) is 2.37. The molecule has 21 heavy (non-hydrogen) atoms. The van der Waals surface area contributed by atoms with Gasteiger partial charge in [0, 0.05) is 29.6 Å². The Hall–Kier alpha value is -2.36. The van der Waals surface area contributed by atoms with Gasteiger partial charge in [0.15, 0.2) is 5.78 Å². The predicted octanol–water partition coefficient (Wildman–Crippen LogP) is 4.10. The SMILES string of the molecule is CCCCc1c(C(C)=O)[nH]c2c(-c3cn[nH]c3)cccc12.